The number of carbonyl (C=O) groups is 2. The van der Waals surface area contributed by atoms with Crippen LogP contribution < -0.4 is 5.32 Å². The minimum atomic E-state index is -0.451. The number of likely N-dealkylation sites (tertiary alicyclic amines) is 1. The van der Waals surface area contributed by atoms with E-state index in [1.54, 1.807) is 37.2 Å². The summed E-state index contributed by atoms with van der Waals surface area (Å²) < 4.78 is 0. The van der Waals surface area contributed by atoms with Gasteiger partial charge in [-0.05, 0) is 25.0 Å². The van der Waals surface area contributed by atoms with Crippen LogP contribution in [-0.4, -0.2) is 66.6 Å². The van der Waals surface area contributed by atoms with E-state index in [9.17, 15) is 14.7 Å². The highest BCUT2D eigenvalue weighted by Crippen LogP contribution is 2.20. The van der Waals surface area contributed by atoms with Crippen molar-refractivity contribution in [3.63, 3.8) is 0 Å². The van der Waals surface area contributed by atoms with Gasteiger partial charge in [0, 0.05) is 32.9 Å². The SMILES string of the molecule is CN(C)C(=O)CNc1ccccc1C(=O)N1CCC[C@@H](O)C1. The highest BCUT2D eigenvalue weighted by Gasteiger charge is 2.24. The number of rotatable bonds is 4. The van der Waals surface area contributed by atoms with Crippen LogP contribution in [0.15, 0.2) is 24.3 Å². The Balaban J connectivity index is 2.10. The Kier molecular flexibility index (Phi) is 5.38. The minimum Gasteiger partial charge on any atom is -0.391 e. The van der Waals surface area contributed by atoms with E-state index in [0.717, 1.165) is 12.8 Å². The van der Waals surface area contributed by atoms with E-state index in [4.69, 9.17) is 0 Å². The van der Waals surface area contributed by atoms with Crippen LogP contribution >= 0.6 is 0 Å². The van der Waals surface area contributed by atoms with E-state index in [-0.39, 0.29) is 18.4 Å². The molecular formula is C16H23N3O3. The van der Waals surface area contributed by atoms with Gasteiger partial charge in [-0.2, -0.15) is 0 Å². The van der Waals surface area contributed by atoms with Gasteiger partial charge in [-0.3, -0.25) is 9.59 Å². The van der Waals surface area contributed by atoms with Gasteiger partial charge in [0.2, 0.25) is 5.91 Å². The Morgan fingerprint density at radius 1 is 1.36 bits per heavy atom. The van der Waals surface area contributed by atoms with Crippen LogP contribution in [-0.2, 0) is 4.79 Å². The van der Waals surface area contributed by atoms with Gasteiger partial charge < -0.3 is 20.2 Å². The number of aliphatic hydroxyl groups is 1. The second-order valence-electron chi connectivity index (χ2n) is 5.73. The molecule has 0 radical (unpaired) electrons. The topological polar surface area (TPSA) is 72.9 Å². The zero-order valence-electron chi connectivity index (χ0n) is 13.1. The summed E-state index contributed by atoms with van der Waals surface area (Å²) in [5.74, 6) is -0.171. The monoisotopic (exact) mass is 305 g/mol. The molecule has 1 heterocycles. The number of benzene rings is 1. The maximum Gasteiger partial charge on any atom is 0.256 e. The van der Waals surface area contributed by atoms with Crippen molar-refractivity contribution < 1.29 is 14.7 Å². The van der Waals surface area contributed by atoms with E-state index in [1.807, 2.05) is 6.07 Å². The van der Waals surface area contributed by atoms with Crippen LogP contribution in [0.25, 0.3) is 0 Å². The molecule has 6 heteroatoms. The van der Waals surface area contributed by atoms with Crippen molar-refractivity contribution in [2.24, 2.45) is 0 Å². The van der Waals surface area contributed by atoms with Gasteiger partial charge in [0.15, 0.2) is 0 Å². The zero-order valence-corrected chi connectivity index (χ0v) is 13.1. The average molecular weight is 305 g/mol. The summed E-state index contributed by atoms with van der Waals surface area (Å²) in [6.45, 7) is 1.16. The molecule has 2 N–H and O–H groups in total. The third kappa shape index (κ3) is 3.98. The predicted molar refractivity (Wildman–Crippen MR) is 84.8 cm³/mol. The third-order valence-corrected chi connectivity index (χ3v) is 3.77. The van der Waals surface area contributed by atoms with Gasteiger partial charge in [0.05, 0.1) is 18.2 Å². The number of nitrogens with zero attached hydrogens (tertiary/aromatic N) is 2. The second kappa shape index (κ2) is 7.26. The van der Waals surface area contributed by atoms with Gasteiger partial charge in [0.1, 0.15) is 0 Å². The number of aliphatic hydroxyl groups excluding tert-OH is 1. The molecule has 2 rings (SSSR count). The zero-order chi connectivity index (χ0) is 16.1. The van der Waals surface area contributed by atoms with Gasteiger partial charge in [0.25, 0.3) is 5.91 Å². The molecule has 0 unspecified atom stereocenters. The molecule has 1 aromatic rings. The number of hydrogen-bond acceptors (Lipinski definition) is 4. The van der Waals surface area contributed by atoms with Crippen molar-refractivity contribution >= 4 is 17.5 Å². The summed E-state index contributed by atoms with van der Waals surface area (Å²) in [5.41, 5.74) is 1.17. The Bertz CT molecular complexity index is 545. The van der Waals surface area contributed by atoms with E-state index >= 15 is 0 Å². The number of likely N-dealkylation sites (N-methyl/N-ethyl adjacent to an activating group) is 1. The third-order valence-electron chi connectivity index (χ3n) is 3.77. The number of carbonyl (C=O) groups excluding carboxylic acids is 2. The van der Waals surface area contributed by atoms with E-state index < -0.39 is 6.10 Å². The molecule has 2 amide bonds. The van der Waals surface area contributed by atoms with E-state index in [1.165, 1.54) is 4.90 Å². The maximum absolute atomic E-state index is 12.6. The van der Waals surface area contributed by atoms with Crippen molar-refractivity contribution in [2.75, 3.05) is 39.0 Å². The highest BCUT2D eigenvalue weighted by molar-refractivity contribution is 6.00. The number of amides is 2. The van der Waals surface area contributed by atoms with Crippen molar-refractivity contribution in [2.45, 2.75) is 18.9 Å². The van der Waals surface area contributed by atoms with Gasteiger partial charge in [-0.1, -0.05) is 12.1 Å². The maximum atomic E-state index is 12.6. The molecule has 1 saturated heterocycles. The van der Waals surface area contributed by atoms with Gasteiger partial charge in [-0.25, -0.2) is 0 Å². The summed E-state index contributed by atoms with van der Waals surface area (Å²) in [4.78, 5) is 27.5. The first-order valence-corrected chi connectivity index (χ1v) is 7.49. The summed E-state index contributed by atoms with van der Waals surface area (Å²) in [6.07, 6.45) is 1.09. The molecule has 1 aromatic carbocycles. The van der Waals surface area contributed by atoms with Crippen LogP contribution in [0, 0.1) is 0 Å². The molecule has 0 aromatic heterocycles. The van der Waals surface area contributed by atoms with E-state index in [0.29, 0.717) is 24.3 Å². The number of hydrogen-bond donors (Lipinski definition) is 2. The number of para-hydroxylation sites is 1. The van der Waals surface area contributed by atoms with Crippen LogP contribution in [0.5, 0.6) is 0 Å². The number of piperidine rings is 1. The van der Waals surface area contributed by atoms with E-state index in [2.05, 4.69) is 5.32 Å². The first-order valence-electron chi connectivity index (χ1n) is 7.49. The molecule has 0 aliphatic carbocycles. The van der Waals surface area contributed by atoms with Crippen LogP contribution in [0.2, 0.25) is 0 Å². The van der Waals surface area contributed by atoms with Crippen molar-refractivity contribution in [3.8, 4) is 0 Å². The molecule has 0 spiro atoms. The molecule has 6 nitrogen and oxygen atoms in total. The molecule has 1 fully saturated rings. The number of nitrogens with one attached hydrogen (secondary N) is 1. The molecule has 0 saturated carbocycles. The Morgan fingerprint density at radius 2 is 2.09 bits per heavy atom. The first kappa shape index (κ1) is 16.3. The largest absolute Gasteiger partial charge is 0.391 e. The average Bonchev–Trinajstić information content (AvgIpc) is 2.52. The number of anilines is 1. The van der Waals surface area contributed by atoms with Crippen molar-refractivity contribution in [3.05, 3.63) is 29.8 Å². The standard InChI is InChI=1S/C16H23N3O3/c1-18(2)15(21)10-17-14-8-4-3-7-13(14)16(22)19-9-5-6-12(20)11-19/h3-4,7-8,12,17,20H,5-6,9-11H2,1-2H3/t12-/m1/s1. The van der Waals surface area contributed by atoms with Crippen LogP contribution in [0.1, 0.15) is 23.2 Å². The summed E-state index contributed by atoms with van der Waals surface area (Å²) in [6, 6.07) is 7.15. The normalized spacial score (nSPS) is 18.0. The molecule has 0 bridgehead atoms. The Hall–Kier alpha value is -2.08. The first-order chi connectivity index (χ1) is 10.5. The molecule has 1 aliphatic heterocycles. The summed E-state index contributed by atoms with van der Waals surface area (Å²) in [5, 5.41) is 12.7. The quantitative estimate of drug-likeness (QED) is 0.862. The smallest absolute Gasteiger partial charge is 0.256 e. The Morgan fingerprint density at radius 3 is 2.77 bits per heavy atom. The molecule has 1 aliphatic rings. The summed E-state index contributed by atoms with van der Waals surface area (Å²) in [7, 11) is 3.38. The minimum absolute atomic E-state index is 0.0596. The lowest BCUT2D eigenvalue weighted by Gasteiger charge is -2.30. The molecule has 120 valence electrons. The van der Waals surface area contributed by atoms with Crippen LogP contribution in [0.3, 0.4) is 0 Å². The van der Waals surface area contributed by atoms with Gasteiger partial charge >= 0.3 is 0 Å². The number of β-amino-alcohol motifs (C(OH)–C–C–N with tert-alkyl or cyclic N) is 1. The molecule has 22 heavy (non-hydrogen) atoms. The summed E-state index contributed by atoms with van der Waals surface area (Å²) >= 11 is 0. The molecular weight excluding hydrogens is 282 g/mol. The molecule has 1 atom stereocenters. The lowest BCUT2D eigenvalue weighted by atomic mass is 10.1. The lowest BCUT2D eigenvalue weighted by Crippen LogP contribution is -2.42. The van der Waals surface area contributed by atoms with Gasteiger partial charge in [-0.15, -0.1) is 0 Å². The predicted octanol–water partition coefficient (Wildman–Crippen LogP) is 0.784. The fraction of sp³-hybridized carbons (Fsp3) is 0.500. The van der Waals surface area contributed by atoms with Crippen molar-refractivity contribution in [1.82, 2.24) is 9.80 Å². The Labute approximate surface area is 130 Å². The second-order valence-corrected chi connectivity index (χ2v) is 5.73. The highest BCUT2D eigenvalue weighted by atomic mass is 16.3. The fourth-order valence-corrected chi connectivity index (χ4v) is 2.46. The van der Waals surface area contributed by atoms with Crippen molar-refractivity contribution in [1.29, 1.82) is 0 Å². The fourth-order valence-electron chi connectivity index (χ4n) is 2.46. The van der Waals surface area contributed by atoms with Crippen LogP contribution in [0.4, 0.5) is 5.69 Å². The lowest BCUT2D eigenvalue weighted by molar-refractivity contribution is -0.126.